The van der Waals surface area contributed by atoms with Gasteiger partial charge in [0, 0.05) is 0 Å². The van der Waals surface area contributed by atoms with Gasteiger partial charge in [0.05, 0.1) is 7.11 Å². The van der Waals surface area contributed by atoms with Crippen LogP contribution >= 0.6 is 0 Å². The predicted octanol–water partition coefficient (Wildman–Crippen LogP) is 6.53. The Morgan fingerprint density at radius 2 is 1.40 bits per heavy atom. The van der Waals surface area contributed by atoms with Crippen molar-refractivity contribution in [2.45, 2.75) is 25.7 Å². The van der Waals surface area contributed by atoms with E-state index in [9.17, 15) is 9.18 Å². The third kappa shape index (κ3) is 14.6. The summed E-state index contributed by atoms with van der Waals surface area (Å²) < 4.78 is 15.3. The second-order valence-corrected chi connectivity index (χ2v) is 4.80. The molecule has 0 aliphatic rings. The summed E-state index contributed by atoms with van der Waals surface area (Å²) in [6.07, 6.45) is 12.4. The van der Waals surface area contributed by atoms with Gasteiger partial charge in [-0.15, -0.1) is 13.2 Å². The molecule has 0 saturated carbocycles. The van der Waals surface area contributed by atoms with E-state index in [2.05, 4.69) is 37.6 Å². The third-order valence-corrected chi connectivity index (χ3v) is 2.91. The zero-order valence-corrected chi connectivity index (χ0v) is 15.2. The van der Waals surface area contributed by atoms with Gasteiger partial charge in [0.2, 0.25) is 5.83 Å². The van der Waals surface area contributed by atoms with Crippen molar-refractivity contribution in [1.82, 2.24) is 0 Å². The van der Waals surface area contributed by atoms with Gasteiger partial charge < -0.3 is 4.74 Å². The Bertz CT molecular complexity index is 522. The van der Waals surface area contributed by atoms with E-state index < -0.39 is 11.8 Å². The van der Waals surface area contributed by atoms with E-state index in [1.807, 2.05) is 48.6 Å². The minimum absolute atomic E-state index is 1.01. The monoisotopic (exact) mass is 344 g/mol. The molecular weight excluding hydrogens is 315 g/mol. The molecule has 0 amide bonds. The molecule has 0 fully saturated rings. The molecule has 136 valence electrons. The maximum atomic E-state index is 11.4. The molecule has 0 aliphatic carbocycles. The summed E-state index contributed by atoms with van der Waals surface area (Å²) in [7, 11) is 1.09. The number of esters is 1. The molecule has 1 rings (SSSR count). The SMILES string of the molecule is C=C(F)C(=O)OC.C=CCCCCC=C.C=Cc1ccccc1C=C. The van der Waals surface area contributed by atoms with Crippen LogP contribution in [0.2, 0.25) is 0 Å². The second-order valence-electron chi connectivity index (χ2n) is 4.80. The van der Waals surface area contributed by atoms with E-state index in [0.717, 1.165) is 31.1 Å². The Labute approximate surface area is 151 Å². The summed E-state index contributed by atoms with van der Waals surface area (Å²) in [6.45, 7) is 17.3. The Kier molecular flexibility index (Phi) is 17.4. The minimum Gasteiger partial charge on any atom is -0.464 e. The van der Waals surface area contributed by atoms with E-state index in [4.69, 9.17) is 0 Å². The molecule has 0 atom stereocenters. The standard InChI is InChI=1S/C10H10.C8H14.C4H5FO2/c1-3-9-7-5-6-8-10(9)4-2;1-3-5-7-8-6-4-2;1-3(5)4(6)7-2/h3-8H,1-2H2;3-4H,1-2,5-8H2;1H2,2H3. The zero-order chi connectivity index (χ0) is 19.5. The van der Waals surface area contributed by atoms with E-state index in [0.29, 0.717) is 0 Å². The fourth-order valence-corrected chi connectivity index (χ4v) is 1.57. The number of rotatable bonds is 8. The summed E-state index contributed by atoms with van der Waals surface area (Å²) in [6, 6.07) is 8.02. The molecule has 0 bridgehead atoms. The molecule has 3 heteroatoms. The van der Waals surface area contributed by atoms with Gasteiger partial charge in [-0.25, -0.2) is 4.79 Å². The van der Waals surface area contributed by atoms with Crippen LogP contribution in [0, 0.1) is 0 Å². The minimum atomic E-state index is -1.07. The number of unbranched alkanes of at least 4 members (excludes halogenated alkanes) is 3. The lowest BCUT2D eigenvalue weighted by Crippen LogP contribution is -1.97. The largest absolute Gasteiger partial charge is 0.464 e. The van der Waals surface area contributed by atoms with Crippen molar-refractivity contribution in [3.05, 3.63) is 86.3 Å². The first-order chi connectivity index (χ1) is 12.0. The lowest BCUT2D eigenvalue weighted by molar-refractivity contribution is -0.137. The lowest BCUT2D eigenvalue weighted by Gasteiger charge is -1.96. The first-order valence-corrected chi connectivity index (χ1v) is 7.96. The quantitative estimate of drug-likeness (QED) is 0.232. The maximum Gasteiger partial charge on any atom is 0.366 e. The smallest absolute Gasteiger partial charge is 0.366 e. The Morgan fingerprint density at radius 1 is 1.00 bits per heavy atom. The highest BCUT2D eigenvalue weighted by atomic mass is 19.1. The van der Waals surface area contributed by atoms with Crippen molar-refractivity contribution in [1.29, 1.82) is 0 Å². The number of hydrogen-bond acceptors (Lipinski definition) is 2. The van der Waals surface area contributed by atoms with Crippen LogP contribution in [-0.2, 0) is 9.53 Å². The number of carbonyl (C=O) groups is 1. The van der Waals surface area contributed by atoms with Crippen molar-refractivity contribution in [2.24, 2.45) is 0 Å². The zero-order valence-electron chi connectivity index (χ0n) is 15.2. The number of hydrogen-bond donors (Lipinski definition) is 0. The number of carbonyl (C=O) groups excluding carboxylic acids is 1. The van der Waals surface area contributed by atoms with Gasteiger partial charge in [-0.05, 0) is 36.8 Å². The Hall–Kier alpha value is -2.68. The maximum absolute atomic E-state index is 11.4. The predicted molar refractivity (Wildman–Crippen MR) is 108 cm³/mol. The van der Waals surface area contributed by atoms with Gasteiger partial charge in [0.15, 0.2) is 0 Å². The first kappa shape index (κ1) is 24.6. The number of methoxy groups -OCH3 is 1. The van der Waals surface area contributed by atoms with Crippen molar-refractivity contribution < 1.29 is 13.9 Å². The van der Waals surface area contributed by atoms with Crippen LogP contribution in [0.5, 0.6) is 0 Å². The highest BCUT2D eigenvalue weighted by molar-refractivity contribution is 5.84. The number of ether oxygens (including phenoxy) is 1. The van der Waals surface area contributed by atoms with Crippen molar-refractivity contribution in [3.8, 4) is 0 Å². The van der Waals surface area contributed by atoms with Gasteiger partial charge >= 0.3 is 5.97 Å². The topological polar surface area (TPSA) is 26.3 Å². The van der Waals surface area contributed by atoms with E-state index in [-0.39, 0.29) is 0 Å². The highest BCUT2D eigenvalue weighted by Crippen LogP contribution is 2.10. The highest BCUT2D eigenvalue weighted by Gasteiger charge is 2.01. The van der Waals surface area contributed by atoms with Crippen LogP contribution in [0.3, 0.4) is 0 Å². The van der Waals surface area contributed by atoms with Crippen molar-refractivity contribution in [3.63, 3.8) is 0 Å². The fraction of sp³-hybridized carbons (Fsp3) is 0.227. The Balaban J connectivity index is 0. The molecule has 0 aromatic heterocycles. The first-order valence-electron chi connectivity index (χ1n) is 7.96. The molecule has 1 aromatic carbocycles. The third-order valence-electron chi connectivity index (χ3n) is 2.91. The normalized spacial score (nSPS) is 8.40. The molecule has 2 nitrogen and oxygen atoms in total. The summed E-state index contributed by atoms with van der Waals surface area (Å²) in [5, 5.41) is 0. The second kappa shape index (κ2) is 17.7. The molecule has 0 N–H and O–H groups in total. The number of benzene rings is 1. The summed E-state index contributed by atoms with van der Waals surface area (Å²) in [4.78, 5) is 9.81. The Morgan fingerprint density at radius 3 is 1.60 bits per heavy atom. The molecule has 25 heavy (non-hydrogen) atoms. The molecule has 1 aromatic rings. The molecule has 0 saturated heterocycles. The van der Waals surface area contributed by atoms with Gasteiger partial charge in [0.25, 0.3) is 0 Å². The molecule has 0 aliphatic heterocycles. The number of allylic oxidation sites excluding steroid dienone is 2. The molecule has 0 spiro atoms. The van der Waals surface area contributed by atoms with Crippen LogP contribution < -0.4 is 0 Å². The van der Waals surface area contributed by atoms with E-state index in [1.165, 1.54) is 12.8 Å². The molecule has 0 heterocycles. The van der Waals surface area contributed by atoms with Crippen molar-refractivity contribution in [2.75, 3.05) is 7.11 Å². The van der Waals surface area contributed by atoms with Crippen molar-refractivity contribution >= 4 is 18.1 Å². The fourth-order valence-electron chi connectivity index (χ4n) is 1.57. The van der Waals surface area contributed by atoms with Crippen LogP contribution in [0.25, 0.3) is 12.2 Å². The summed E-state index contributed by atoms with van der Waals surface area (Å²) >= 11 is 0. The molecule has 0 unspecified atom stereocenters. The summed E-state index contributed by atoms with van der Waals surface area (Å²) in [5.74, 6) is -2.08. The van der Waals surface area contributed by atoms with Gasteiger partial charge in [-0.2, -0.15) is 4.39 Å². The molecule has 0 radical (unpaired) electrons. The van der Waals surface area contributed by atoms with E-state index in [1.54, 1.807) is 0 Å². The van der Waals surface area contributed by atoms with Gasteiger partial charge in [-0.3, -0.25) is 0 Å². The van der Waals surface area contributed by atoms with Crippen LogP contribution in [0.15, 0.2) is 75.1 Å². The number of halogens is 1. The van der Waals surface area contributed by atoms with Gasteiger partial charge in [0.1, 0.15) is 0 Å². The average molecular weight is 344 g/mol. The van der Waals surface area contributed by atoms with Crippen LogP contribution in [-0.4, -0.2) is 13.1 Å². The van der Waals surface area contributed by atoms with Crippen LogP contribution in [0.1, 0.15) is 36.8 Å². The lowest BCUT2D eigenvalue weighted by atomic mass is 10.1. The van der Waals surface area contributed by atoms with Gasteiger partial charge in [-0.1, -0.05) is 68.3 Å². The van der Waals surface area contributed by atoms with Crippen LogP contribution in [0.4, 0.5) is 4.39 Å². The molecular formula is C22H29FO2. The summed E-state index contributed by atoms with van der Waals surface area (Å²) in [5.41, 5.74) is 2.27. The average Bonchev–Trinajstić information content (AvgIpc) is 2.65. The van der Waals surface area contributed by atoms with E-state index >= 15 is 0 Å².